The summed E-state index contributed by atoms with van der Waals surface area (Å²) in [6, 6.07) is 0.828. The zero-order chi connectivity index (χ0) is 12.3. The molecule has 1 N–H and O–H groups in total. The third-order valence-electron chi connectivity index (χ3n) is 2.54. The van der Waals surface area contributed by atoms with Gasteiger partial charge in [0.15, 0.2) is 9.84 Å². The molecular weight excluding hydrogens is 231 g/mol. The average molecular weight is 246 g/mol. The molecule has 0 spiro atoms. The van der Waals surface area contributed by atoms with Crippen LogP contribution in [0.5, 0.6) is 0 Å². The van der Waals surface area contributed by atoms with Crippen molar-refractivity contribution in [2.24, 2.45) is 0 Å². The summed E-state index contributed by atoms with van der Waals surface area (Å²) in [4.78, 5) is 3.71. The zero-order valence-electron chi connectivity index (χ0n) is 9.44. The highest BCUT2D eigenvalue weighted by atomic mass is 32.2. The number of sulfone groups is 1. The Hall–Kier alpha value is -1.01. The van der Waals surface area contributed by atoms with Crippen LogP contribution in [0.15, 0.2) is 18.5 Å². The molecule has 90 valence electrons. The van der Waals surface area contributed by atoms with Gasteiger partial charge in [0.1, 0.15) is 5.82 Å². The monoisotopic (exact) mass is 246 g/mol. The lowest BCUT2D eigenvalue weighted by molar-refractivity contribution is 0.529. The van der Waals surface area contributed by atoms with Gasteiger partial charge >= 0.3 is 0 Å². The van der Waals surface area contributed by atoms with E-state index in [1.807, 2.05) is 0 Å². The lowest BCUT2D eigenvalue weighted by Crippen LogP contribution is -2.33. The lowest BCUT2D eigenvalue weighted by atomic mass is 10.1. The molecule has 2 unspecified atom stereocenters. The summed E-state index contributed by atoms with van der Waals surface area (Å²) < 4.78 is 35.9. The van der Waals surface area contributed by atoms with E-state index in [4.69, 9.17) is 0 Å². The molecule has 2 atom stereocenters. The van der Waals surface area contributed by atoms with E-state index in [1.54, 1.807) is 14.0 Å². The summed E-state index contributed by atoms with van der Waals surface area (Å²) in [5.41, 5.74) is 0.528. The van der Waals surface area contributed by atoms with Crippen molar-refractivity contribution < 1.29 is 12.8 Å². The van der Waals surface area contributed by atoms with Crippen LogP contribution in [0.4, 0.5) is 4.39 Å². The van der Waals surface area contributed by atoms with Gasteiger partial charge in [0.25, 0.3) is 0 Å². The maximum atomic E-state index is 13.0. The van der Waals surface area contributed by atoms with Crippen LogP contribution < -0.4 is 5.32 Å². The van der Waals surface area contributed by atoms with Crippen molar-refractivity contribution in [3.63, 3.8) is 0 Å². The second-order valence-corrected chi connectivity index (χ2v) is 6.14. The number of halogens is 1. The quantitative estimate of drug-likeness (QED) is 0.858. The largest absolute Gasteiger partial charge is 0.312 e. The van der Waals surface area contributed by atoms with E-state index in [1.165, 1.54) is 12.3 Å². The normalized spacial score (nSPS) is 15.8. The molecule has 0 saturated carbocycles. The predicted octanol–water partition coefficient (Wildman–Crippen LogP) is 0.914. The number of hydrogen-bond donors (Lipinski definition) is 1. The molecule has 0 amide bonds. The summed E-state index contributed by atoms with van der Waals surface area (Å²) in [6.45, 7) is 1.58. The van der Waals surface area contributed by atoms with E-state index >= 15 is 0 Å². The number of rotatable bonds is 4. The number of aromatic nitrogens is 1. The van der Waals surface area contributed by atoms with Gasteiger partial charge in [-0.1, -0.05) is 0 Å². The Kier molecular flexibility index (Phi) is 3.98. The minimum atomic E-state index is -3.19. The molecule has 1 aromatic heterocycles. The molecule has 0 aromatic carbocycles. The fourth-order valence-corrected chi connectivity index (χ4v) is 2.31. The minimum absolute atomic E-state index is 0.460. The summed E-state index contributed by atoms with van der Waals surface area (Å²) in [6.07, 6.45) is 3.71. The number of hydrogen-bond acceptors (Lipinski definition) is 4. The second kappa shape index (κ2) is 4.88. The summed E-state index contributed by atoms with van der Waals surface area (Å²) in [5.74, 6) is -0.474. The van der Waals surface area contributed by atoms with E-state index in [-0.39, 0.29) is 0 Å². The Balaban J connectivity index is 3.08. The molecule has 0 radical (unpaired) electrons. The minimum Gasteiger partial charge on any atom is -0.312 e. The van der Waals surface area contributed by atoms with Crippen molar-refractivity contribution >= 4 is 9.84 Å². The number of nitrogens with zero attached hydrogens (tertiary/aromatic N) is 1. The van der Waals surface area contributed by atoms with E-state index in [0.29, 0.717) is 5.56 Å². The molecule has 0 bridgehead atoms. The number of nitrogens with one attached hydrogen (secondary N) is 1. The summed E-state index contributed by atoms with van der Waals surface area (Å²) in [5, 5.41) is 2.23. The van der Waals surface area contributed by atoms with Gasteiger partial charge < -0.3 is 5.32 Å². The molecule has 1 rings (SSSR count). The van der Waals surface area contributed by atoms with Gasteiger partial charge in [-0.05, 0) is 25.6 Å². The van der Waals surface area contributed by atoms with Crippen LogP contribution in [-0.4, -0.2) is 32.0 Å². The van der Waals surface area contributed by atoms with Crippen LogP contribution in [0.3, 0.4) is 0 Å². The Labute approximate surface area is 94.8 Å². The van der Waals surface area contributed by atoms with Crippen molar-refractivity contribution in [2.45, 2.75) is 18.2 Å². The van der Waals surface area contributed by atoms with E-state index < -0.39 is 26.9 Å². The molecular formula is C10H15FN2O2S. The van der Waals surface area contributed by atoms with E-state index in [2.05, 4.69) is 10.3 Å². The topological polar surface area (TPSA) is 59.1 Å². The molecule has 0 aliphatic heterocycles. The van der Waals surface area contributed by atoms with Crippen molar-refractivity contribution in [1.29, 1.82) is 0 Å². The highest BCUT2D eigenvalue weighted by Gasteiger charge is 2.26. The van der Waals surface area contributed by atoms with Crippen LogP contribution >= 0.6 is 0 Å². The Morgan fingerprint density at radius 3 is 2.50 bits per heavy atom. The van der Waals surface area contributed by atoms with Gasteiger partial charge in [-0.15, -0.1) is 0 Å². The smallest absolute Gasteiger partial charge is 0.151 e. The van der Waals surface area contributed by atoms with Crippen molar-refractivity contribution in [3.05, 3.63) is 29.8 Å². The first kappa shape index (κ1) is 13.1. The van der Waals surface area contributed by atoms with Crippen LogP contribution in [0.1, 0.15) is 18.5 Å². The first-order valence-corrected chi connectivity index (χ1v) is 6.78. The first-order valence-electron chi connectivity index (χ1n) is 4.83. The lowest BCUT2D eigenvalue weighted by Gasteiger charge is -2.22. The molecule has 0 saturated heterocycles. The molecule has 0 aliphatic carbocycles. The second-order valence-electron chi connectivity index (χ2n) is 3.74. The molecule has 16 heavy (non-hydrogen) atoms. The standard InChI is InChI=1S/C10H15FN2O2S/c1-7(16(3,14)15)10(12-2)8-4-9(11)6-13-5-8/h4-7,10,12H,1-3H3. The third kappa shape index (κ3) is 2.99. The van der Waals surface area contributed by atoms with Gasteiger partial charge in [-0.2, -0.15) is 0 Å². The average Bonchev–Trinajstić information content (AvgIpc) is 2.17. The van der Waals surface area contributed by atoms with Crippen LogP contribution in [0.25, 0.3) is 0 Å². The molecule has 4 nitrogen and oxygen atoms in total. The maximum absolute atomic E-state index is 13.0. The van der Waals surface area contributed by atoms with Crippen molar-refractivity contribution in [1.82, 2.24) is 10.3 Å². The fourth-order valence-electron chi connectivity index (χ4n) is 1.52. The molecule has 0 fully saturated rings. The van der Waals surface area contributed by atoms with Crippen molar-refractivity contribution in [2.75, 3.05) is 13.3 Å². The van der Waals surface area contributed by atoms with Gasteiger partial charge in [0.05, 0.1) is 17.5 Å². The Morgan fingerprint density at radius 1 is 1.44 bits per heavy atom. The van der Waals surface area contributed by atoms with Gasteiger partial charge in [-0.3, -0.25) is 4.98 Å². The van der Waals surface area contributed by atoms with Gasteiger partial charge in [0.2, 0.25) is 0 Å². The first-order chi connectivity index (χ1) is 7.36. The van der Waals surface area contributed by atoms with Crippen LogP contribution in [-0.2, 0) is 9.84 Å². The summed E-state index contributed by atoms with van der Waals surface area (Å²) >= 11 is 0. The predicted molar refractivity (Wildman–Crippen MR) is 60.3 cm³/mol. The van der Waals surface area contributed by atoms with E-state index in [9.17, 15) is 12.8 Å². The molecule has 1 aromatic rings. The molecule has 0 aliphatic rings. The molecule has 1 heterocycles. The molecule has 6 heteroatoms. The van der Waals surface area contributed by atoms with Crippen LogP contribution in [0, 0.1) is 5.82 Å². The SMILES string of the molecule is CNC(c1cncc(F)c1)C(C)S(C)(=O)=O. The highest BCUT2D eigenvalue weighted by Crippen LogP contribution is 2.21. The summed E-state index contributed by atoms with van der Waals surface area (Å²) in [7, 11) is -1.55. The van der Waals surface area contributed by atoms with Crippen LogP contribution in [0.2, 0.25) is 0 Å². The van der Waals surface area contributed by atoms with Crippen molar-refractivity contribution in [3.8, 4) is 0 Å². The number of pyridine rings is 1. The third-order valence-corrected chi connectivity index (χ3v) is 4.16. The highest BCUT2D eigenvalue weighted by molar-refractivity contribution is 7.91. The van der Waals surface area contributed by atoms with Gasteiger partial charge in [0, 0.05) is 12.5 Å². The Bertz CT molecular complexity index is 462. The maximum Gasteiger partial charge on any atom is 0.151 e. The zero-order valence-corrected chi connectivity index (χ0v) is 10.3. The fraction of sp³-hybridized carbons (Fsp3) is 0.500. The van der Waals surface area contributed by atoms with E-state index in [0.717, 1.165) is 12.5 Å². The van der Waals surface area contributed by atoms with Gasteiger partial charge in [-0.25, -0.2) is 12.8 Å². The Morgan fingerprint density at radius 2 is 2.06 bits per heavy atom.